The molecule has 35 heavy (non-hydrogen) atoms. The lowest BCUT2D eigenvalue weighted by molar-refractivity contribution is -0.137. The van der Waals surface area contributed by atoms with Crippen molar-refractivity contribution in [2.75, 3.05) is 18.8 Å². The number of urea groups is 1. The van der Waals surface area contributed by atoms with E-state index in [0.717, 1.165) is 30.2 Å². The Kier molecular flexibility index (Phi) is 5.22. The van der Waals surface area contributed by atoms with Crippen molar-refractivity contribution >= 4 is 11.8 Å². The number of nitrogen functional groups attached to an aromatic ring is 1. The molecule has 1 atom stereocenters. The van der Waals surface area contributed by atoms with Gasteiger partial charge in [-0.25, -0.2) is 19.7 Å². The third kappa shape index (κ3) is 4.06. The topological polar surface area (TPSA) is 115 Å². The number of anilines is 1. The second kappa shape index (κ2) is 7.92. The lowest BCUT2D eigenvalue weighted by Gasteiger charge is -2.30. The van der Waals surface area contributed by atoms with Gasteiger partial charge in [0, 0.05) is 60.5 Å². The van der Waals surface area contributed by atoms with Crippen LogP contribution >= 0.6 is 0 Å². The fraction of sp³-hybridized carbons (Fsp3) is 0.435. The highest BCUT2D eigenvalue weighted by Gasteiger charge is 2.47. The number of nitrogens with zero attached hydrogens (tertiary/aromatic N) is 6. The lowest BCUT2D eigenvalue weighted by atomic mass is 9.82. The Balaban J connectivity index is 1.36. The summed E-state index contributed by atoms with van der Waals surface area (Å²) in [5, 5.41) is 7.60. The predicted molar refractivity (Wildman–Crippen MR) is 121 cm³/mol. The van der Waals surface area contributed by atoms with Crippen LogP contribution < -0.4 is 11.1 Å². The first-order valence-electron chi connectivity index (χ1n) is 11.2. The summed E-state index contributed by atoms with van der Waals surface area (Å²) >= 11 is 0. The van der Waals surface area contributed by atoms with Crippen LogP contribution in [0.2, 0.25) is 0 Å². The minimum absolute atomic E-state index is 0.188. The van der Waals surface area contributed by atoms with Crippen molar-refractivity contribution in [1.82, 2.24) is 34.9 Å². The average molecular weight is 487 g/mol. The predicted octanol–water partition coefficient (Wildman–Crippen LogP) is 3.33. The van der Waals surface area contributed by atoms with Crippen molar-refractivity contribution in [3.05, 3.63) is 53.9 Å². The maximum absolute atomic E-state index is 13.3. The van der Waals surface area contributed by atoms with Crippen LogP contribution in [0.1, 0.15) is 43.5 Å². The van der Waals surface area contributed by atoms with Gasteiger partial charge in [0.05, 0.1) is 16.8 Å². The summed E-state index contributed by atoms with van der Waals surface area (Å²) in [7, 11) is 0. The molecule has 12 heteroatoms. The van der Waals surface area contributed by atoms with Gasteiger partial charge in [0.2, 0.25) is 0 Å². The molecule has 3 N–H and O–H groups in total. The maximum Gasteiger partial charge on any atom is 0.419 e. The number of aromatic nitrogens is 5. The summed E-state index contributed by atoms with van der Waals surface area (Å²) in [6.07, 6.45) is 3.04. The third-order valence-corrected chi connectivity index (χ3v) is 6.99. The van der Waals surface area contributed by atoms with E-state index < -0.39 is 23.1 Å². The van der Waals surface area contributed by atoms with Gasteiger partial charge in [-0.1, -0.05) is 0 Å². The van der Waals surface area contributed by atoms with E-state index in [9.17, 15) is 18.0 Å². The smallest absolute Gasteiger partial charge is 0.383 e. The van der Waals surface area contributed by atoms with Crippen molar-refractivity contribution in [2.45, 2.75) is 50.4 Å². The van der Waals surface area contributed by atoms with Gasteiger partial charge in [0.1, 0.15) is 12.1 Å². The Morgan fingerprint density at radius 3 is 2.54 bits per heavy atom. The number of alkyl halides is 3. The molecule has 1 saturated heterocycles. The first kappa shape index (κ1) is 23.1. The molecule has 0 saturated carbocycles. The second-order valence-corrected chi connectivity index (χ2v) is 9.68. The summed E-state index contributed by atoms with van der Waals surface area (Å²) in [4.78, 5) is 26.7. The number of aryl methyl sites for hydroxylation is 1. The number of nitrogens with one attached hydrogen (secondary N) is 1. The largest absolute Gasteiger partial charge is 0.419 e. The Hall–Kier alpha value is -3.70. The number of carbonyl (C=O) groups is 1. The zero-order chi connectivity index (χ0) is 25.0. The average Bonchev–Trinajstić information content (AvgIpc) is 3.51. The Morgan fingerprint density at radius 1 is 1.11 bits per heavy atom. The first-order chi connectivity index (χ1) is 16.5. The first-order valence-corrected chi connectivity index (χ1v) is 11.2. The van der Waals surface area contributed by atoms with Gasteiger partial charge in [-0.3, -0.25) is 4.68 Å². The Morgan fingerprint density at radius 2 is 1.83 bits per heavy atom. The number of fused-ring (bicyclic) bond motifs is 2. The van der Waals surface area contributed by atoms with Crippen molar-refractivity contribution in [1.29, 1.82) is 0 Å². The zero-order valence-corrected chi connectivity index (χ0v) is 19.3. The molecule has 0 unspecified atom stereocenters. The molecule has 184 valence electrons. The number of pyridine rings is 1. The molecule has 0 aliphatic carbocycles. The number of nitrogens with two attached hydrogens (primary N) is 1. The van der Waals surface area contributed by atoms with Gasteiger partial charge in [0.15, 0.2) is 0 Å². The SMILES string of the molecule is CC(C)(NC(=O)N1CC[C@@]2(CCn3nc(-c4cnc(N)c(C(F)(F)F)c4)cc32)C1)c1cncnc1. The number of likely N-dealkylation sites (tertiary alicyclic amines) is 1. The van der Waals surface area contributed by atoms with Gasteiger partial charge in [-0.05, 0) is 38.8 Å². The van der Waals surface area contributed by atoms with E-state index in [2.05, 4.69) is 25.4 Å². The van der Waals surface area contributed by atoms with Crippen molar-refractivity contribution in [3.63, 3.8) is 0 Å². The van der Waals surface area contributed by atoms with Crippen LogP contribution in [-0.4, -0.2) is 48.8 Å². The summed E-state index contributed by atoms with van der Waals surface area (Å²) in [5.74, 6) is -0.563. The summed E-state index contributed by atoms with van der Waals surface area (Å²) in [6.45, 7) is 5.48. The minimum atomic E-state index is -4.60. The molecule has 3 aromatic rings. The minimum Gasteiger partial charge on any atom is -0.383 e. The molecule has 0 radical (unpaired) electrons. The number of halogens is 3. The normalized spacial score (nSPS) is 19.9. The van der Waals surface area contributed by atoms with E-state index in [1.165, 1.54) is 12.5 Å². The molecule has 1 spiro atoms. The van der Waals surface area contributed by atoms with Gasteiger partial charge in [-0.15, -0.1) is 0 Å². The molecular formula is C23H25F3N8O. The van der Waals surface area contributed by atoms with Crippen molar-refractivity contribution in [2.24, 2.45) is 0 Å². The second-order valence-electron chi connectivity index (χ2n) is 9.68. The van der Waals surface area contributed by atoms with Crippen LogP contribution in [0.4, 0.5) is 23.8 Å². The number of rotatable bonds is 3. The lowest BCUT2D eigenvalue weighted by Crippen LogP contribution is -2.48. The Labute approximate surface area is 199 Å². The van der Waals surface area contributed by atoms with Crippen LogP contribution in [0.5, 0.6) is 0 Å². The molecule has 2 amide bonds. The molecule has 1 fully saturated rings. The molecule has 0 bridgehead atoms. The van der Waals surface area contributed by atoms with E-state index in [1.807, 2.05) is 24.6 Å². The molecule has 2 aliphatic rings. The van der Waals surface area contributed by atoms with Crippen molar-refractivity contribution < 1.29 is 18.0 Å². The van der Waals surface area contributed by atoms with E-state index in [4.69, 9.17) is 5.73 Å². The molecule has 5 rings (SSSR count). The standard InChI is InChI=1S/C23H25F3N8O/c1-21(2,15-10-28-13-29-11-15)31-20(35)33-5-3-22(12-33)4-6-34-18(22)8-17(32-34)14-7-16(23(24,25)26)19(27)30-9-14/h7-11,13H,3-6,12H2,1-2H3,(H2,27,30)(H,31,35)/t22-/m1/s1. The van der Waals surface area contributed by atoms with Gasteiger partial charge < -0.3 is 16.0 Å². The molecule has 0 aromatic carbocycles. The number of carbonyl (C=O) groups excluding carboxylic acids is 1. The number of hydrogen-bond donors (Lipinski definition) is 2. The summed E-state index contributed by atoms with van der Waals surface area (Å²) in [6, 6.07) is 2.61. The molecule has 9 nitrogen and oxygen atoms in total. The van der Waals surface area contributed by atoms with E-state index in [-0.39, 0.29) is 17.0 Å². The highest BCUT2D eigenvalue weighted by Crippen LogP contribution is 2.44. The van der Waals surface area contributed by atoms with E-state index in [1.54, 1.807) is 17.3 Å². The van der Waals surface area contributed by atoms with Crippen molar-refractivity contribution in [3.8, 4) is 11.3 Å². The van der Waals surface area contributed by atoms with Gasteiger partial charge in [0.25, 0.3) is 0 Å². The van der Waals surface area contributed by atoms with Gasteiger partial charge in [-0.2, -0.15) is 18.3 Å². The fourth-order valence-electron chi connectivity index (χ4n) is 4.94. The van der Waals surface area contributed by atoms with Crippen LogP contribution in [-0.2, 0) is 23.7 Å². The Bertz CT molecular complexity index is 1270. The van der Waals surface area contributed by atoms with Crippen LogP contribution in [0.15, 0.2) is 37.1 Å². The summed E-state index contributed by atoms with van der Waals surface area (Å²) < 4.78 is 41.7. The van der Waals surface area contributed by atoms with Crippen LogP contribution in [0.3, 0.4) is 0 Å². The van der Waals surface area contributed by atoms with Crippen LogP contribution in [0, 0.1) is 0 Å². The summed E-state index contributed by atoms with van der Waals surface area (Å²) in [5.41, 5.74) is 5.88. The monoisotopic (exact) mass is 486 g/mol. The quantitative estimate of drug-likeness (QED) is 0.587. The maximum atomic E-state index is 13.3. The van der Waals surface area contributed by atoms with Crippen LogP contribution in [0.25, 0.3) is 11.3 Å². The fourth-order valence-corrected chi connectivity index (χ4v) is 4.94. The highest BCUT2D eigenvalue weighted by atomic mass is 19.4. The number of amides is 2. The van der Waals surface area contributed by atoms with E-state index >= 15 is 0 Å². The zero-order valence-electron chi connectivity index (χ0n) is 19.3. The molecule has 2 aliphatic heterocycles. The molecule has 5 heterocycles. The molecular weight excluding hydrogens is 461 g/mol. The van der Waals surface area contributed by atoms with Gasteiger partial charge >= 0.3 is 12.2 Å². The third-order valence-electron chi connectivity index (χ3n) is 6.99. The number of hydrogen-bond acceptors (Lipinski definition) is 6. The highest BCUT2D eigenvalue weighted by molar-refractivity contribution is 5.76. The van der Waals surface area contributed by atoms with E-state index in [0.29, 0.717) is 25.3 Å². The molecule has 3 aromatic heterocycles.